The molecule has 0 saturated carbocycles. The quantitative estimate of drug-likeness (QED) is 0.795. The summed E-state index contributed by atoms with van der Waals surface area (Å²) < 4.78 is 5.25. The number of imide groups is 1. The van der Waals surface area contributed by atoms with Crippen LogP contribution >= 0.6 is 0 Å². The van der Waals surface area contributed by atoms with Gasteiger partial charge in [0.1, 0.15) is 11.5 Å². The van der Waals surface area contributed by atoms with Gasteiger partial charge in [-0.3, -0.25) is 14.4 Å². The second kappa shape index (κ2) is 5.19. The molecule has 1 aliphatic rings. The van der Waals surface area contributed by atoms with Crippen molar-refractivity contribution < 1.29 is 19.1 Å². The third kappa shape index (κ3) is 2.63. The van der Waals surface area contributed by atoms with Crippen molar-refractivity contribution in [3.63, 3.8) is 0 Å². The molecule has 0 saturated heterocycles. The fourth-order valence-corrected chi connectivity index (χ4v) is 1.89. The van der Waals surface area contributed by atoms with E-state index in [2.05, 4.69) is 0 Å². The summed E-state index contributed by atoms with van der Waals surface area (Å²) >= 11 is 0. The lowest BCUT2D eigenvalue weighted by Gasteiger charge is -2.28. The highest BCUT2D eigenvalue weighted by molar-refractivity contribution is 6.20. The SMILES string of the molecule is CC(=O)CC(=O)N1C(=O)COc2ccc(CN)cc21. The number of nitrogens with zero attached hydrogens (tertiary/aromatic N) is 1. The maximum absolute atomic E-state index is 12.0. The highest BCUT2D eigenvalue weighted by Gasteiger charge is 2.31. The minimum absolute atomic E-state index is 0.210. The summed E-state index contributed by atoms with van der Waals surface area (Å²) in [7, 11) is 0. The van der Waals surface area contributed by atoms with E-state index in [0.29, 0.717) is 11.4 Å². The predicted octanol–water partition coefficient (Wildman–Crippen LogP) is 0.376. The Bertz CT molecular complexity index is 554. The molecule has 0 unspecified atom stereocenters. The van der Waals surface area contributed by atoms with E-state index in [4.69, 9.17) is 10.5 Å². The normalized spacial score (nSPS) is 13.8. The Morgan fingerprint density at radius 3 is 2.79 bits per heavy atom. The number of fused-ring (bicyclic) bond motifs is 1. The standard InChI is InChI=1S/C13H14N2O4/c1-8(16)4-12(17)15-10-5-9(6-14)2-3-11(10)19-7-13(15)18/h2-3,5H,4,6-7,14H2,1H3. The number of benzene rings is 1. The van der Waals surface area contributed by atoms with Crippen LogP contribution in [0.2, 0.25) is 0 Å². The van der Waals surface area contributed by atoms with Crippen LogP contribution in [-0.2, 0) is 20.9 Å². The summed E-state index contributed by atoms with van der Waals surface area (Å²) in [6, 6.07) is 5.06. The molecule has 1 aromatic carbocycles. The van der Waals surface area contributed by atoms with Crippen LogP contribution in [0.4, 0.5) is 5.69 Å². The van der Waals surface area contributed by atoms with Crippen molar-refractivity contribution in [1.29, 1.82) is 0 Å². The molecular formula is C13H14N2O4. The Morgan fingerprint density at radius 1 is 1.42 bits per heavy atom. The molecule has 0 aliphatic carbocycles. The number of carbonyl (C=O) groups excluding carboxylic acids is 3. The molecule has 0 bridgehead atoms. The first-order valence-electron chi connectivity index (χ1n) is 5.84. The third-order valence-electron chi connectivity index (χ3n) is 2.75. The first kappa shape index (κ1) is 13.2. The molecule has 100 valence electrons. The lowest BCUT2D eigenvalue weighted by Crippen LogP contribution is -2.43. The van der Waals surface area contributed by atoms with Gasteiger partial charge in [0.25, 0.3) is 5.91 Å². The van der Waals surface area contributed by atoms with E-state index in [1.807, 2.05) is 0 Å². The van der Waals surface area contributed by atoms with Gasteiger partial charge in [0.05, 0.1) is 12.1 Å². The van der Waals surface area contributed by atoms with Crippen LogP contribution in [0.15, 0.2) is 18.2 Å². The minimum atomic E-state index is -0.545. The van der Waals surface area contributed by atoms with Crippen LogP contribution in [-0.4, -0.2) is 24.2 Å². The van der Waals surface area contributed by atoms with E-state index < -0.39 is 11.8 Å². The van der Waals surface area contributed by atoms with Gasteiger partial charge in [0, 0.05) is 6.54 Å². The molecule has 2 N–H and O–H groups in total. The number of ether oxygens (including phenoxy) is 1. The average Bonchev–Trinajstić information content (AvgIpc) is 2.36. The van der Waals surface area contributed by atoms with Gasteiger partial charge in [-0.2, -0.15) is 0 Å². The Labute approximate surface area is 110 Å². The maximum Gasteiger partial charge on any atom is 0.271 e. The average molecular weight is 262 g/mol. The molecule has 0 spiro atoms. The Hall–Kier alpha value is -2.21. The van der Waals surface area contributed by atoms with Crippen LogP contribution < -0.4 is 15.4 Å². The van der Waals surface area contributed by atoms with Crippen LogP contribution in [0.5, 0.6) is 5.75 Å². The highest BCUT2D eigenvalue weighted by Crippen LogP contribution is 2.33. The zero-order chi connectivity index (χ0) is 14.0. The van der Waals surface area contributed by atoms with Gasteiger partial charge in [-0.25, -0.2) is 4.90 Å². The number of ketones is 1. The molecular weight excluding hydrogens is 248 g/mol. The van der Waals surface area contributed by atoms with Gasteiger partial charge >= 0.3 is 0 Å². The van der Waals surface area contributed by atoms with E-state index in [9.17, 15) is 14.4 Å². The van der Waals surface area contributed by atoms with Crippen molar-refractivity contribution in [2.45, 2.75) is 19.9 Å². The molecule has 0 atom stereocenters. The summed E-state index contributed by atoms with van der Waals surface area (Å²) in [5.74, 6) is -0.876. The monoisotopic (exact) mass is 262 g/mol. The summed E-state index contributed by atoms with van der Waals surface area (Å²) in [6.45, 7) is 1.38. The molecule has 1 heterocycles. The zero-order valence-electron chi connectivity index (χ0n) is 10.5. The molecule has 0 aromatic heterocycles. The second-order valence-electron chi connectivity index (χ2n) is 4.30. The lowest BCUT2D eigenvalue weighted by molar-refractivity contribution is -0.130. The van der Waals surface area contributed by atoms with Gasteiger partial charge < -0.3 is 10.5 Å². The van der Waals surface area contributed by atoms with Crippen LogP contribution in [0.1, 0.15) is 18.9 Å². The summed E-state index contributed by atoms with van der Waals surface area (Å²) in [5, 5.41) is 0. The largest absolute Gasteiger partial charge is 0.482 e. The van der Waals surface area contributed by atoms with Crippen LogP contribution in [0.3, 0.4) is 0 Å². The van der Waals surface area contributed by atoms with Crippen molar-refractivity contribution >= 4 is 23.3 Å². The van der Waals surface area contributed by atoms with Gasteiger partial charge in [-0.1, -0.05) is 6.07 Å². The third-order valence-corrected chi connectivity index (χ3v) is 2.75. The number of Topliss-reactive ketones (excluding diaryl/α,β-unsaturated/α-hetero) is 1. The summed E-state index contributed by atoms with van der Waals surface area (Å²) in [5.41, 5.74) is 6.66. The molecule has 6 nitrogen and oxygen atoms in total. The topological polar surface area (TPSA) is 89.7 Å². The van der Waals surface area contributed by atoms with Crippen molar-refractivity contribution in [2.75, 3.05) is 11.5 Å². The minimum Gasteiger partial charge on any atom is -0.482 e. The summed E-state index contributed by atoms with van der Waals surface area (Å²) in [6.07, 6.45) is -0.308. The molecule has 6 heteroatoms. The number of amides is 2. The predicted molar refractivity (Wildman–Crippen MR) is 67.6 cm³/mol. The molecule has 0 fully saturated rings. The van der Waals surface area contributed by atoms with Crippen molar-refractivity contribution in [3.8, 4) is 5.75 Å². The van der Waals surface area contributed by atoms with Gasteiger partial charge in [0.2, 0.25) is 5.91 Å². The van der Waals surface area contributed by atoms with E-state index in [1.54, 1.807) is 18.2 Å². The van der Waals surface area contributed by atoms with E-state index in [1.165, 1.54) is 6.92 Å². The van der Waals surface area contributed by atoms with E-state index >= 15 is 0 Å². The van der Waals surface area contributed by atoms with Crippen molar-refractivity contribution in [2.24, 2.45) is 5.73 Å². The fraction of sp³-hybridized carbons (Fsp3) is 0.308. The molecule has 2 amide bonds. The Morgan fingerprint density at radius 2 is 2.16 bits per heavy atom. The first-order valence-corrected chi connectivity index (χ1v) is 5.84. The molecule has 1 aromatic rings. The van der Waals surface area contributed by atoms with E-state index in [0.717, 1.165) is 10.5 Å². The number of hydrogen-bond acceptors (Lipinski definition) is 5. The molecule has 0 radical (unpaired) electrons. The fourth-order valence-electron chi connectivity index (χ4n) is 1.89. The van der Waals surface area contributed by atoms with Gasteiger partial charge in [0.15, 0.2) is 6.61 Å². The second-order valence-corrected chi connectivity index (χ2v) is 4.30. The number of nitrogens with two attached hydrogens (primary N) is 1. The zero-order valence-corrected chi connectivity index (χ0v) is 10.5. The summed E-state index contributed by atoms with van der Waals surface area (Å²) in [4.78, 5) is 35.8. The first-order chi connectivity index (χ1) is 9.02. The number of carbonyl (C=O) groups is 3. The number of hydrogen-bond donors (Lipinski definition) is 1. The highest BCUT2D eigenvalue weighted by atomic mass is 16.5. The van der Waals surface area contributed by atoms with Crippen molar-refractivity contribution in [3.05, 3.63) is 23.8 Å². The Balaban J connectivity index is 2.41. The lowest BCUT2D eigenvalue weighted by atomic mass is 10.1. The van der Waals surface area contributed by atoms with E-state index in [-0.39, 0.29) is 25.4 Å². The number of anilines is 1. The molecule has 1 aliphatic heterocycles. The smallest absolute Gasteiger partial charge is 0.271 e. The van der Waals surface area contributed by atoms with Gasteiger partial charge in [-0.05, 0) is 24.6 Å². The Kier molecular flexibility index (Phi) is 3.62. The van der Waals surface area contributed by atoms with Gasteiger partial charge in [-0.15, -0.1) is 0 Å². The van der Waals surface area contributed by atoms with Crippen LogP contribution in [0.25, 0.3) is 0 Å². The number of rotatable bonds is 3. The van der Waals surface area contributed by atoms with Crippen molar-refractivity contribution in [1.82, 2.24) is 0 Å². The molecule has 2 rings (SSSR count). The maximum atomic E-state index is 12.0. The molecule has 19 heavy (non-hydrogen) atoms. The van der Waals surface area contributed by atoms with Crippen LogP contribution in [0, 0.1) is 0 Å².